The van der Waals surface area contributed by atoms with Gasteiger partial charge in [0.15, 0.2) is 5.78 Å². The SMILES string of the molecule is NC(Cc1ccc(F)cc1)C(=O)N1CCC2C1C(=O)CN2C(=O)c1ccccn1. The Kier molecular flexibility index (Phi) is 5.10. The van der Waals surface area contributed by atoms with Crippen molar-refractivity contribution in [3.63, 3.8) is 0 Å². The van der Waals surface area contributed by atoms with Crippen LogP contribution < -0.4 is 5.73 Å². The number of nitrogens with two attached hydrogens (primary N) is 1. The Bertz CT molecular complexity index is 935. The molecule has 1 aromatic carbocycles. The number of hydrogen-bond acceptors (Lipinski definition) is 5. The molecule has 150 valence electrons. The number of ketones is 1. The van der Waals surface area contributed by atoms with Gasteiger partial charge in [0.05, 0.1) is 18.6 Å². The second kappa shape index (κ2) is 7.71. The predicted molar refractivity (Wildman–Crippen MR) is 102 cm³/mol. The first-order chi connectivity index (χ1) is 14.0. The number of pyridine rings is 1. The average molecular weight is 396 g/mol. The number of likely N-dealkylation sites (tertiary alicyclic amines) is 2. The van der Waals surface area contributed by atoms with Gasteiger partial charge in [0, 0.05) is 12.7 Å². The molecule has 29 heavy (non-hydrogen) atoms. The van der Waals surface area contributed by atoms with Crippen LogP contribution in [0.2, 0.25) is 0 Å². The molecule has 0 aliphatic carbocycles. The standard InChI is InChI=1S/C21H21FN4O3/c22-14-6-4-13(5-7-14)11-15(23)20(28)25-10-8-17-19(25)18(27)12-26(17)21(29)16-3-1-2-9-24-16/h1-7,9,15,17,19H,8,10-12,23H2. The Morgan fingerprint density at radius 2 is 1.93 bits per heavy atom. The van der Waals surface area contributed by atoms with Crippen LogP contribution in [0.4, 0.5) is 4.39 Å². The van der Waals surface area contributed by atoms with Crippen LogP contribution >= 0.6 is 0 Å². The van der Waals surface area contributed by atoms with E-state index < -0.39 is 12.1 Å². The highest BCUT2D eigenvalue weighted by Crippen LogP contribution is 2.31. The molecule has 2 saturated heterocycles. The Balaban J connectivity index is 1.47. The van der Waals surface area contributed by atoms with Crippen LogP contribution in [-0.2, 0) is 16.0 Å². The Morgan fingerprint density at radius 3 is 2.62 bits per heavy atom. The molecular weight excluding hydrogens is 375 g/mol. The van der Waals surface area contributed by atoms with Gasteiger partial charge in [-0.15, -0.1) is 0 Å². The van der Waals surface area contributed by atoms with Crippen molar-refractivity contribution in [1.82, 2.24) is 14.8 Å². The lowest BCUT2D eigenvalue weighted by Gasteiger charge is -2.26. The van der Waals surface area contributed by atoms with Gasteiger partial charge in [-0.3, -0.25) is 19.4 Å². The van der Waals surface area contributed by atoms with E-state index in [0.29, 0.717) is 13.0 Å². The largest absolute Gasteiger partial charge is 0.329 e. The molecular formula is C21H21FN4O3. The molecule has 8 heteroatoms. The third-order valence-corrected chi connectivity index (χ3v) is 5.54. The van der Waals surface area contributed by atoms with Gasteiger partial charge in [-0.2, -0.15) is 0 Å². The topological polar surface area (TPSA) is 96.6 Å². The Morgan fingerprint density at radius 1 is 1.17 bits per heavy atom. The first-order valence-electron chi connectivity index (χ1n) is 9.51. The molecule has 3 unspecified atom stereocenters. The summed E-state index contributed by atoms with van der Waals surface area (Å²) in [6, 6.07) is 8.98. The normalized spacial score (nSPS) is 21.9. The molecule has 1 aromatic heterocycles. The first kappa shape index (κ1) is 19.2. The first-order valence-corrected chi connectivity index (χ1v) is 9.51. The van der Waals surface area contributed by atoms with E-state index >= 15 is 0 Å². The lowest BCUT2D eigenvalue weighted by atomic mass is 10.0. The second-order valence-corrected chi connectivity index (χ2v) is 7.38. The number of benzene rings is 1. The van der Waals surface area contributed by atoms with Crippen LogP contribution in [0.1, 0.15) is 22.5 Å². The zero-order chi connectivity index (χ0) is 20.5. The van der Waals surface area contributed by atoms with Gasteiger partial charge < -0.3 is 15.5 Å². The van der Waals surface area contributed by atoms with E-state index in [1.807, 2.05) is 0 Å². The van der Waals surface area contributed by atoms with E-state index in [4.69, 9.17) is 5.73 Å². The maximum absolute atomic E-state index is 13.1. The maximum Gasteiger partial charge on any atom is 0.273 e. The number of carbonyl (C=O) groups is 3. The fraction of sp³-hybridized carbons (Fsp3) is 0.333. The van der Waals surface area contributed by atoms with Gasteiger partial charge in [0.2, 0.25) is 5.91 Å². The van der Waals surface area contributed by atoms with Crippen LogP contribution in [-0.4, -0.2) is 63.6 Å². The molecule has 2 amide bonds. The summed E-state index contributed by atoms with van der Waals surface area (Å²) in [6.07, 6.45) is 2.29. The van der Waals surface area contributed by atoms with Crippen molar-refractivity contribution in [2.75, 3.05) is 13.1 Å². The van der Waals surface area contributed by atoms with Gasteiger partial charge in [0.1, 0.15) is 17.6 Å². The summed E-state index contributed by atoms with van der Waals surface area (Å²) in [4.78, 5) is 45.4. The summed E-state index contributed by atoms with van der Waals surface area (Å²) in [5, 5.41) is 0. The second-order valence-electron chi connectivity index (χ2n) is 7.38. The van der Waals surface area contributed by atoms with Gasteiger partial charge in [0.25, 0.3) is 5.91 Å². The lowest BCUT2D eigenvalue weighted by molar-refractivity contribution is -0.137. The van der Waals surface area contributed by atoms with Crippen LogP contribution in [0.3, 0.4) is 0 Å². The van der Waals surface area contributed by atoms with Gasteiger partial charge in [-0.05, 0) is 42.7 Å². The fourth-order valence-electron chi connectivity index (χ4n) is 4.15. The summed E-state index contributed by atoms with van der Waals surface area (Å²) < 4.78 is 13.1. The highest BCUT2D eigenvalue weighted by molar-refractivity contribution is 6.01. The summed E-state index contributed by atoms with van der Waals surface area (Å²) in [5.41, 5.74) is 7.11. The molecule has 7 nitrogen and oxygen atoms in total. The van der Waals surface area contributed by atoms with Crippen molar-refractivity contribution in [2.45, 2.75) is 31.0 Å². The number of rotatable bonds is 4. The molecule has 0 radical (unpaired) electrons. The molecule has 3 atom stereocenters. The third kappa shape index (κ3) is 3.63. The summed E-state index contributed by atoms with van der Waals surface area (Å²) in [7, 11) is 0. The molecule has 2 aromatic rings. The minimum Gasteiger partial charge on any atom is -0.329 e. The fourth-order valence-corrected chi connectivity index (χ4v) is 4.15. The summed E-state index contributed by atoms with van der Waals surface area (Å²) in [5.74, 6) is -1.16. The number of aromatic nitrogens is 1. The van der Waals surface area contributed by atoms with E-state index in [1.54, 1.807) is 30.3 Å². The van der Waals surface area contributed by atoms with Crippen LogP contribution in [0.5, 0.6) is 0 Å². The number of fused-ring (bicyclic) bond motifs is 1. The third-order valence-electron chi connectivity index (χ3n) is 5.54. The average Bonchev–Trinajstić information content (AvgIpc) is 3.30. The predicted octanol–water partition coefficient (Wildman–Crippen LogP) is 0.785. The molecule has 2 aliphatic rings. The summed E-state index contributed by atoms with van der Waals surface area (Å²) in [6.45, 7) is 0.324. The van der Waals surface area contributed by atoms with Crippen molar-refractivity contribution in [3.8, 4) is 0 Å². The van der Waals surface area contributed by atoms with Crippen molar-refractivity contribution in [1.29, 1.82) is 0 Å². The van der Waals surface area contributed by atoms with E-state index in [0.717, 1.165) is 5.56 Å². The molecule has 2 aliphatic heterocycles. The van der Waals surface area contributed by atoms with Crippen molar-refractivity contribution in [2.24, 2.45) is 5.73 Å². The lowest BCUT2D eigenvalue weighted by Crippen LogP contribution is -2.50. The quantitative estimate of drug-likeness (QED) is 0.824. The molecule has 4 rings (SSSR count). The number of carbonyl (C=O) groups excluding carboxylic acids is 3. The zero-order valence-corrected chi connectivity index (χ0v) is 15.7. The smallest absolute Gasteiger partial charge is 0.273 e. The Labute approximate surface area is 167 Å². The molecule has 3 heterocycles. The maximum atomic E-state index is 13.1. The highest BCUT2D eigenvalue weighted by Gasteiger charge is 2.52. The van der Waals surface area contributed by atoms with Crippen LogP contribution in [0.15, 0.2) is 48.7 Å². The number of halogens is 1. The van der Waals surface area contributed by atoms with Crippen LogP contribution in [0.25, 0.3) is 0 Å². The van der Waals surface area contributed by atoms with Crippen LogP contribution in [0, 0.1) is 5.82 Å². The minimum absolute atomic E-state index is 0.0400. The molecule has 2 N–H and O–H groups in total. The number of hydrogen-bond donors (Lipinski definition) is 1. The van der Waals surface area contributed by atoms with Gasteiger partial charge >= 0.3 is 0 Å². The van der Waals surface area contributed by atoms with E-state index in [9.17, 15) is 18.8 Å². The summed E-state index contributed by atoms with van der Waals surface area (Å²) >= 11 is 0. The molecule has 0 spiro atoms. The van der Waals surface area contributed by atoms with Gasteiger partial charge in [-0.25, -0.2) is 4.39 Å². The van der Waals surface area contributed by atoms with Crippen molar-refractivity contribution >= 4 is 17.6 Å². The number of amides is 2. The van der Waals surface area contributed by atoms with E-state index in [-0.39, 0.29) is 48.1 Å². The minimum atomic E-state index is -0.840. The van der Waals surface area contributed by atoms with Gasteiger partial charge in [-0.1, -0.05) is 18.2 Å². The highest BCUT2D eigenvalue weighted by atomic mass is 19.1. The van der Waals surface area contributed by atoms with E-state index in [2.05, 4.69) is 4.98 Å². The van der Waals surface area contributed by atoms with Crippen molar-refractivity contribution in [3.05, 3.63) is 65.7 Å². The van der Waals surface area contributed by atoms with Crippen molar-refractivity contribution < 1.29 is 18.8 Å². The monoisotopic (exact) mass is 396 g/mol. The Hall–Kier alpha value is -3.13. The zero-order valence-electron chi connectivity index (χ0n) is 15.7. The number of Topliss-reactive ketones (excluding diaryl/α,β-unsaturated/α-hetero) is 1. The molecule has 0 bridgehead atoms. The number of nitrogens with zero attached hydrogens (tertiary/aromatic N) is 3. The van der Waals surface area contributed by atoms with E-state index in [1.165, 1.54) is 28.1 Å². The molecule has 0 saturated carbocycles. The molecule has 2 fully saturated rings.